The maximum absolute atomic E-state index is 6.44. The number of aryl methyl sites for hydroxylation is 1. The van der Waals surface area contributed by atoms with Gasteiger partial charge in [-0.3, -0.25) is 0 Å². The monoisotopic (exact) mass is 481 g/mol. The summed E-state index contributed by atoms with van der Waals surface area (Å²) in [4.78, 5) is 0. The quantitative estimate of drug-likeness (QED) is 0.257. The molecule has 1 aliphatic heterocycles. The maximum atomic E-state index is 6.44. The molecule has 0 saturated carbocycles. The molecule has 5 rings (SSSR count). The molecule has 1 saturated heterocycles. The lowest BCUT2D eigenvalue weighted by molar-refractivity contribution is 0.0106. The van der Waals surface area contributed by atoms with Crippen molar-refractivity contribution < 1.29 is 14.2 Å². The highest BCUT2D eigenvalue weighted by Gasteiger charge is 2.27. The van der Waals surface area contributed by atoms with Crippen LogP contribution in [0.4, 0.5) is 0 Å². The van der Waals surface area contributed by atoms with Crippen molar-refractivity contribution in [3.05, 3.63) is 108 Å². The van der Waals surface area contributed by atoms with Crippen LogP contribution in [-0.2, 0) is 11.3 Å². The van der Waals surface area contributed by atoms with E-state index in [4.69, 9.17) is 14.2 Å². The van der Waals surface area contributed by atoms with Crippen LogP contribution < -0.4 is 14.8 Å². The highest BCUT2D eigenvalue weighted by Crippen LogP contribution is 2.30. The summed E-state index contributed by atoms with van der Waals surface area (Å²) in [7, 11) is 0. The molecular formula is C32H35NO3. The summed E-state index contributed by atoms with van der Waals surface area (Å²) in [5.41, 5.74) is 3.77. The molecule has 0 spiro atoms. The van der Waals surface area contributed by atoms with Gasteiger partial charge in [-0.1, -0.05) is 66.2 Å². The molecule has 4 heteroatoms. The minimum absolute atomic E-state index is 0.149. The van der Waals surface area contributed by atoms with E-state index in [0.29, 0.717) is 25.7 Å². The zero-order valence-corrected chi connectivity index (χ0v) is 21.0. The number of nitrogens with one attached hydrogen (secondary N) is 1. The second-order valence-electron chi connectivity index (χ2n) is 9.56. The fourth-order valence-corrected chi connectivity index (χ4v) is 4.80. The number of hydrogen-bond donors (Lipinski definition) is 1. The molecule has 0 radical (unpaired) electrons. The SMILES string of the molecule is Cc1ccc(OCCCOc2ccc(C3CCNCC3OCc3ccc4ccccc4c3)cc2)cc1. The van der Waals surface area contributed by atoms with E-state index < -0.39 is 0 Å². The lowest BCUT2D eigenvalue weighted by Crippen LogP contribution is -2.40. The third kappa shape index (κ3) is 6.45. The first-order valence-corrected chi connectivity index (χ1v) is 13.0. The van der Waals surface area contributed by atoms with Crippen molar-refractivity contribution in [2.75, 3.05) is 26.3 Å². The molecule has 0 amide bonds. The highest BCUT2D eigenvalue weighted by atomic mass is 16.5. The minimum atomic E-state index is 0.149. The van der Waals surface area contributed by atoms with Gasteiger partial charge in [0, 0.05) is 18.9 Å². The molecule has 0 aliphatic carbocycles. The van der Waals surface area contributed by atoms with Crippen LogP contribution in [-0.4, -0.2) is 32.4 Å². The Hall–Kier alpha value is -3.34. The summed E-state index contributed by atoms with van der Waals surface area (Å²) in [6.45, 7) is 5.87. The van der Waals surface area contributed by atoms with E-state index in [9.17, 15) is 0 Å². The van der Waals surface area contributed by atoms with Crippen LogP contribution >= 0.6 is 0 Å². The number of hydrogen-bond acceptors (Lipinski definition) is 4. The van der Waals surface area contributed by atoms with Gasteiger partial charge < -0.3 is 19.5 Å². The second-order valence-corrected chi connectivity index (χ2v) is 9.56. The van der Waals surface area contributed by atoms with E-state index in [0.717, 1.165) is 37.4 Å². The van der Waals surface area contributed by atoms with Gasteiger partial charge in [-0.25, -0.2) is 0 Å². The van der Waals surface area contributed by atoms with Crippen LogP contribution in [0.15, 0.2) is 91.0 Å². The fourth-order valence-electron chi connectivity index (χ4n) is 4.80. The molecule has 4 aromatic rings. The summed E-state index contributed by atoms with van der Waals surface area (Å²) in [6.07, 6.45) is 2.06. The maximum Gasteiger partial charge on any atom is 0.119 e. The Morgan fingerprint density at radius 2 is 1.47 bits per heavy atom. The van der Waals surface area contributed by atoms with Crippen LogP contribution in [0.25, 0.3) is 10.8 Å². The molecule has 186 valence electrons. The van der Waals surface area contributed by atoms with E-state index in [1.54, 1.807) is 0 Å². The summed E-state index contributed by atoms with van der Waals surface area (Å²) < 4.78 is 18.2. The van der Waals surface area contributed by atoms with Crippen molar-refractivity contribution in [3.63, 3.8) is 0 Å². The smallest absolute Gasteiger partial charge is 0.119 e. The predicted octanol–water partition coefficient (Wildman–Crippen LogP) is 6.66. The van der Waals surface area contributed by atoms with Crippen molar-refractivity contribution in [1.29, 1.82) is 0 Å². The van der Waals surface area contributed by atoms with Crippen molar-refractivity contribution in [2.45, 2.75) is 38.4 Å². The van der Waals surface area contributed by atoms with E-state index in [1.165, 1.54) is 27.5 Å². The Labute approximate surface area is 214 Å². The predicted molar refractivity (Wildman–Crippen MR) is 146 cm³/mol. The first-order valence-electron chi connectivity index (χ1n) is 13.0. The summed E-state index contributed by atoms with van der Waals surface area (Å²) in [5, 5.41) is 6.03. The van der Waals surface area contributed by atoms with E-state index in [2.05, 4.69) is 91.1 Å². The van der Waals surface area contributed by atoms with E-state index in [-0.39, 0.29) is 6.10 Å². The van der Waals surface area contributed by atoms with Crippen LogP contribution in [0.5, 0.6) is 11.5 Å². The van der Waals surface area contributed by atoms with Gasteiger partial charge in [-0.15, -0.1) is 0 Å². The molecule has 2 atom stereocenters. The molecule has 4 aromatic carbocycles. The van der Waals surface area contributed by atoms with Crippen molar-refractivity contribution >= 4 is 10.8 Å². The average Bonchev–Trinajstić information content (AvgIpc) is 2.93. The van der Waals surface area contributed by atoms with Gasteiger partial charge in [0.2, 0.25) is 0 Å². The first-order chi connectivity index (χ1) is 17.7. The summed E-state index contributed by atoms with van der Waals surface area (Å²) >= 11 is 0. The highest BCUT2D eigenvalue weighted by molar-refractivity contribution is 5.82. The number of benzene rings is 4. The Bertz CT molecular complexity index is 1240. The molecule has 1 heterocycles. The first kappa shape index (κ1) is 24.4. The van der Waals surface area contributed by atoms with Crippen LogP contribution in [0.1, 0.15) is 35.4 Å². The van der Waals surface area contributed by atoms with E-state index >= 15 is 0 Å². The molecule has 1 fully saturated rings. The van der Waals surface area contributed by atoms with Crippen LogP contribution in [0, 0.1) is 6.92 Å². The molecule has 0 bridgehead atoms. The number of piperidine rings is 1. The average molecular weight is 482 g/mol. The van der Waals surface area contributed by atoms with Gasteiger partial charge in [0.15, 0.2) is 0 Å². The van der Waals surface area contributed by atoms with Gasteiger partial charge in [-0.05, 0) is 72.1 Å². The largest absolute Gasteiger partial charge is 0.493 e. The minimum Gasteiger partial charge on any atom is -0.493 e. The van der Waals surface area contributed by atoms with Crippen LogP contribution in [0.2, 0.25) is 0 Å². The molecule has 36 heavy (non-hydrogen) atoms. The topological polar surface area (TPSA) is 39.7 Å². The molecular weight excluding hydrogens is 446 g/mol. The Morgan fingerprint density at radius 1 is 0.778 bits per heavy atom. The normalized spacial score (nSPS) is 17.7. The van der Waals surface area contributed by atoms with Crippen molar-refractivity contribution in [2.24, 2.45) is 0 Å². The zero-order valence-electron chi connectivity index (χ0n) is 21.0. The van der Waals surface area contributed by atoms with Crippen LogP contribution in [0.3, 0.4) is 0 Å². The number of ether oxygens (including phenoxy) is 3. The summed E-state index contributed by atoms with van der Waals surface area (Å²) in [5.74, 6) is 2.18. The Balaban J connectivity index is 1.11. The van der Waals surface area contributed by atoms with Gasteiger partial charge in [0.25, 0.3) is 0 Å². The van der Waals surface area contributed by atoms with Gasteiger partial charge in [-0.2, -0.15) is 0 Å². The Kier molecular flexibility index (Phi) is 8.17. The Morgan fingerprint density at radius 3 is 2.22 bits per heavy atom. The third-order valence-corrected chi connectivity index (χ3v) is 6.86. The van der Waals surface area contributed by atoms with Gasteiger partial charge in [0.05, 0.1) is 25.9 Å². The number of rotatable bonds is 10. The molecule has 1 aliphatic rings. The zero-order chi connectivity index (χ0) is 24.6. The second kappa shape index (κ2) is 12.1. The van der Waals surface area contributed by atoms with Gasteiger partial charge in [0.1, 0.15) is 11.5 Å². The summed E-state index contributed by atoms with van der Waals surface area (Å²) in [6, 6.07) is 31.7. The molecule has 4 nitrogen and oxygen atoms in total. The standard InChI is InChI=1S/C32H35NO3/c1-24-7-13-29(14-8-24)34-19-4-20-35-30-15-11-27(12-16-30)31-17-18-33-22-32(31)36-23-25-9-10-26-5-2-3-6-28(26)21-25/h2-3,5-16,21,31-33H,4,17-20,22-23H2,1H3. The molecule has 0 aromatic heterocycles. The van der Waals surface area contributed by atoms with E-state index in [1.807, 2.05) is 12.1 Å². The van der Waals surface area contributed by atoms with Crippen molar-refractivity contribution in [3.8, 4) is 11.5 Å². The lowest BCUT2D eigenvalue weighted by atomic mass is 9.87. The van der Waals surface area contributed by atoms with Gasteiger partial charge >= 0.3 is 0 Å². The van der Waals surface area contributed by atoms with Crippen molar-refractivity contribution in [1.82, 2.24) is 5.32 Å². The number of fused-ring (bicyclic) bond motifs is 1. The lowest BCUT2D eigenvalue weighted by Gasteiger charge is -2.32. The fraction of sp³-hybridized carbons (Fsp3) is 0.312. The third-order valence-electron chi connectivity index (χ3n) is 6.86. The molecule has 1 N–H and O–H groups in total. The molecule has 2 unspecified atom stereocenters.